The van der Waals surface area contributed by atoms with Gasteiger partial charge in [0.05, 0.1) is 48.8 Å². The van der Waals surface area contributed by atoms with Crippen LogP contribution in [0.5, 0.6) is 11.5 Å². The molecule has 0 unspecified atom stereocenters. The number of carbonyl (C=O) groups excluding carboxylic acids is 2. The molecule has 6 aromatic carbocycles. The standard InChI is InChI=1S/C52H48N2O4/c1-3-5-33-57-45-29-25-41(26-30-45)39-17-21-43(22-18-39)49-47-48(52(56)53(49)35-37-13-9-7-10-14-37)50(54(51(47)55)36-38-15-11-8-12-16-38)44-23-19-40(20-24-44)42-27-31-46(32-28-42)58-34-6-4-2/h7-32H,3-6,33-36H2,1-2H3. The quantitative estimate of drug-likeness (QED) is 0.0921. The van der Waals surface area contributed by atoms with E-state index in [1.54, 1.807) is 9.80 Å². The van der Waals surface area contributed by atoms with Crippen LogP contribution in [-0.4, -0.2) is 34.8 Å². The van der Waals surface area contributed by atoms with Crippen LogP contribution in [0.25, 0.3) is 33.6 Å². The number of hydrogen-bond donors (Lipinski definition) is 0. The Morgan fingerprint density at radius 2 is 0.707 bits per heavy atom. The van der Waals surface area contributed by atoms with Gasteiger partial charge in [0.15, 0.2) is 0 Å². The summed E-state index contributed by atoms with van der Waals surface area (Å²) in [6.45, 7) is 6.38. The van der Waals surface area contributed by atoms with Crippen LogP contribution < -0.4 is 9.47 Å². The molecule has 0 spiro atoms. The zero-order valence-corrected chi connectivity index (χ0v) is 33.2. The highest BCUT2D eigenvalue weighted by atomic mass is 16.5. The van der Waals surface area contributed by atoms with Gasteiger partial charge in [-0.15, -0.1) is 0 Å². The molecule has 6 aromatic rings. The van der Waals surface area contributed by atoms with Gasteiger partial charge in [0.2, 0.25) is 0 Å². The molecule has 8 rings (SSSR count). The maximum Gasteiger partial charge on any atom is 0.261 e. The predicted molar refractivity (Wildman–Crippen MR) is 232 cm³/mol. The maximum atomic E-state index is 15.0. The van der Waals surface area contributed by atoms with Crippen molar-refractivity contribution < 1.29 is 19.1 Å². The third kappa shape index (κ3) is 8.10. The van der Waals surface area contributed by atoms with Crippen molar-refractivity contribution in [3.05, 3.63) is 191 Å². The first-order valence-electron chi connectivity index (χ1n) is 20.4. The van der Waals surface area contributed by atoms with Crippen molar-refractivity contribution in [3.8, 4) is 33.8 Å². The van der Waals surface area contributed by atoms with E-state index < -0.39 is 0 Å². The Balaban J connectivity index is 1.19. The van der Waals surface area contributed by atoms with Crippen molar-refractivity contribution in [1.29, 1.82) is 0 Å². The average molecular weight is 765 g/mol. The minimum absolute atomic E-state index is 0.182. The van der Waals surface area contributed by atoms with Gasteiger partial charge in [-0.2, -0.15) is 0 Å². The molecule has 2 heterocycles. The molecule has 6 nitrogen and oxygen atoms in total. The van der Waals surface area contributed by atoms with Gasteiger partial charge < -0.3 is 19.3 Å². The summed E-state index contributed by atoms with van der Waals surface area (Å²) in [5.41, 5.74) is 9.91. The maximum absolute atomic E-state index is 15.0. The highest BCUT2D eigenvalue weighted by Gasteiger charge is 2.48. The first kappa shape index (κ1) is 38.2. The lowest BCUT2D eigenvalue weighted by molar-refractivity contribution is -0.124. The lowest BCUT2D eigenvalue weighted by Gasteiger charge is -2.26. The number of carbonyl (C=O) groups is 2. The SMILES string of the molecule is CCCCOc1ccc(-c2ccc(C3=C4C(=O)N(Cc5ccccc5)C(c5ccc(-c6ccc(OCCCC)cc6)cc5)=C4C(=O)N3Cc3ccccc3)cc2)cc1. The molecular formula is C52H48N2O4. The van der Waals surface area contributed by atoms with Crippen molar-refractivity contribution in [1.82, 2.24) is 9.80 Å². The lowest BCUT2D eigenvalue weighted by Crippen LogP contribution is -2.29. The first-order chi connectivity index (χ1) is 28.5. The van der Waals surface area contributed by atoms with E-state index in [1.165, 1.54) is 0 Å². The fourth-order valence-electron chi connectivity index (χ4n) is 7.63. The fraction of sp³-hybridized carbons (Fsp3) is 0.192. The molecule has 0 bridgehead atoms. The first-order valence-corrected chi connectivity index (χ1v) is 20.4. The second-order valence-corrected chi connectivity index (χ2v) is 14.8. The van der Waals surface area contributed by atoms with Crippen molar-refractivity contribution in [2.75, 3.05) is 13.2 Å². The molecule has 2 aliphatic heterocycles. The van der Waals surface area contributed by atoms with Crippen molar-refractivity contribution in [2.45, 2.75) is 52.6 Å². The molecule has 6 heteroatoms. The van der Waals surface area contributed by atoms with Gasteiger partial charge in [-0.05, 0) is 81.6 Å². The number of benzene rings is 6. The van der Waals surface area contributed by atoms with E-state index in [2.05, 4.69) is 62.4 Å². The van der Waals surface area contributed by atoms with Gasteiger partial charge in [-0.25, -0.2) is 0 Å². The molecule has 58 heavy (non-hydrogen) atoms. The lowest BCUT2D eigenvalue weighted by atomic mass is 9.98. The van der Waals surface area contributed by atoms with Gasteiger partial charge in [0.25, 0.3) is 11.8 Å². The minimum Gasteiger partial charge on any atom is -0.494 e. The van der Waals surface area contributed by atoms with E-state index in [1.807, 2.05) is 109 Å². The largest absolute Gasteiger partial charge is 0.494 e. The number of ether oxygens (including phenoxy) is 2. The van der Waals surface area contributed by atoms with Crippen LogP contribution in [0.2, 0.25) is 0 Å². The van der Waals surface area contributed by atoms with Crippen LogP contribution in [0, 0.1) is 0 Å². The monoisotopic (exact) mass is 764 g/mol. The van der Waals surface area contributed by atoms with Gasteiger partial charge in [0, 0.05) is 0 Å². The summed E-state index contributed by atoms with van der Waals surface area (Å²) < 4.78 is 11.8. The highest BCUT2D eigenvalue weighted by molar-refractivity contribution is 6.30. The van der Waals surface area contributed by atoms with E-state index >= 15 is 0 Å². The number of fused-ring (bicyclic) bond motifs is 1. The van der Waals surface area contributed by atoms with E-state index in [0.29, 0.717) is 48.8 Å². The minimum atomic E-state index is -0.182. The summed E-state index contributed by atoms with van der Waals surface area (Å²) >= 11 is 0. The normalized spacial score (nSPS) is 13.8. The Hall–Kier alpha value is -6.66. The van der Waals surface area contributed by atoms with Gasteiger partial charge >= 0.3 is 0 Å². The molecule has 2 aliphatic rings. The van der Waals surface area contributed by atoms with Crippen LogP contribution in [0.15, 0.2) is 169 Å². The van der Waals surface area contributed by atoms with Crippen LogP contribution in [-0.2, 0) is 22.7 Å². The molecule has 2 amide bonds. The molecule has 0 N–H and O–H groups in total. The van der Waals surface area contributed by atoms with Crippen molar-refractivity contribution in [2.24, 2.45) is 0 Å². The summed E-state index contributed by atoms with van der Waals surface area (Å²) in [6, 6.07) is 52.6. The summed E-state index contributed by atoms with van der Waals surface area (Å²) in [6.07, 6.45) is 4.22. The van der Waals surface area contributed by atoms with E-state index in [4.69, 9.17) is 9.47 Å². The number of nitrogens with zero attached hydrogens (tertiary/aromatic N) is 2. The van der Waals surface area contributed by atoms with E-state index in [9.17, 15) is 9.59 Å². The van der Waals surface area contributed by atoms with Gasteiger partial charge in [0.1, 0.15) is 11.5 Å². The summed E-state index contributed by atoms with van der Waals surface area (Å²) in [4.78, 5) is 33.5. The Morgan fingerprint density at radius 1 is 0.397 bits per heavy atom. The Bertz CT molecular complexity index is 2240. The molecule has 0 aromatic heterocycles. The summed E-state index contributed by atoms with van der Waals surface area (Å²) in [7, 11) is 0. The third-order valence-electron chi connectivity index (χ3n) is 10.8. The fourth-order valence-corrected chi connectivity index (χ4v) is 7.63. The average Bonchev–Trinajstić information content (AvgIpc) is 3.71. The van der Waals surface area contributed by atoms with Crippen LogP contribution in [0.1, 0.15) is 61.8 Å². The molecular weight excluding hydrogens is 717 g/mol. The van der Waals surface area contributed by atoms with E-state index in [0.717, 1.165) is 81.7 Å². The molecule has 0 fully saturated rings. The predicted octanol–water partition coefficient (Wildman–Crippen LogP) is 11.6. The zero-order chi connectivity index (χ0) is 39.8. The summed E-state index contributed by atoms with van der Waals surface area (Å²) in [5.74, 6) is 1.35. The summed E-state index contributed by atoms with van der Waals surface area (Å²) in [5, 5.41) is 0. The second kappa shape index (κ2) is 17.6. The topological polar surface area (TPSA) is 59.1 Å². The van der Waals surface area contributed by atoms with Gasteiger partial charge in [-0.3, -0.25) is 9.59 Å². The smallest absolute Gasteiger partial charge is 0.261 e. The Morgan fingerprint density at radius 3 is 1.03 bits per heavy atom. The number of hydrogen-bond acceptors (Lipinski definition) is 4. The van der Waals surface area contributed by atoms with E-state index in [-0.39, 0.29) is 11.8 Å². The number of amides is 2. The third-order valence-corrected chi connectivity index (χ3v) is 10.8. The molecule has 0 saturated heterocycles. The Labute approximate surface area is 341 Å². The number of rotatable bonds is 16. The molecule has 290 valence electrons. The Kier molecular flexibility index (Phi) is 11.6. The molecule has 0 atom stereocenters. The number of unbranched alkanes of at least 4 members (excludes halogenated alkanes) is 2. The molecule has 0 radical (unpaired) electrons. The molecule has 0 aliphatic carbocycles. The van der Waals surface area contributed by atoms with Crippen molar-refractivity contribution in [3.63, 3.8) is 0 Å². The van der Waals surface area contributed by atoms with Crippen LogP contribution in [0.3, 0.4) is 0 Å². The zero-order valence-electron chi connectivity index (χ0n) is 33.2. The van der Waals surface area contributed by atoms with Crippen LogP contribution in [0.4, 0.5) is 0 Å². The van der Waals surface area contributed by atoms with Gasteiger partial charge in [-0.1, -0.05) is 160 Å². The second-order valence-electron chi connectivity index (χ2n) is 14.8. The molecule has 0 saturated carbocycles. The van der Waals surface area contributed by atoms with Crippen LogP contribution >= 0.6 is 0 Å². The van der Waals surface area contributed by atoms with Crippen molar-refractivity contribution >= 4 is 23.2 Å². The highest BCUT2D eigenvalue weighted by Crippen LogP contribution is 2.48.